The van der Waals surface area contributed by atoms with Crippen LogP contribution in [-0.2, 0) is 11.3 Å². The van der Waals surface area contributed by atoms with Gasteiger partial charge in [0.05, 0.1) is 10.9 Å². The van der Waals surface area contributed by atoms with Gasteiger partial charge in [-0.1, -0.05) is 35.4 Å². The third-order valence-electron chi connectivity index (χ3n) is 3.10. The van der Waals surface area contributed by atoms with Crippen molar-refractivity contribution >= 4 is 34.5 Å². The van der Waals surface area contributed by atoms with E-state index in [1.165, 1.54) is 16.9 Å². The minimum atomic E-state index is -0.0339. The van der Waals surface area contributed by atoms with Crippen LogP contribution >= 0.6 is 22.9 Å². The minimum absolute atomic E-state index is 0.0339. The van der Waals surface area contributed by atoms with Gasteiger partial charge in [0.1, 0.15) is 0 Å². The number of halogens is 1. The van der Waals surface area contributed by atoms with Crippen LogP contribution in [0.2, 0.25) is 4.34 Å². The van der Waals surface area contributed by atoms with Crippen molar-refractivity contribution in [1.82, 2.24) is 4.90 Å². The van der Waals surface area contributed by atoms with E-state index in [0.29, 0.717) is 19.6 Å². The molecule has 1 amide bonds. The summed E-state index contributed by atoms with van der Waals surface area (Å²) >= 11 is 7.48. The second-order valence-corrected chi connectivity index (χ2v) is 6.88. The summed E-state index contributed by atoms with van der Waals surface area (Å²) in [6, 6.07) is 11.6. The van der Waals surface area contributed by atoms with E-state index in [0.717, 1.165) is 14.9 Å². The molecule has 0 fully saturated rings. The molecule has 2 rings (SSSR count). The number of aryl methyl sites for hydroxylation is 1. The molecule has 0 spiro atoms. The van der Waals surface area contributed by atoms with E-state index in [1.54, 1.807) is 6.08 Å². The number of thiophene rings is 1. The highest BCUT2D eigenvalue weighted by molar-refractivity contribution is 7.16. The second-order valence-electron chi connectivity index (χ2n) is 5.08. The summed E-state index contributed by atoms with van der Waals surface area (Å²) < 4.78 is 0.762. The molecule has 0 radical (unpaired) electrons. The molecule has 0 saturated heterocycles. The summed E-state index contributed by atoms with van der Waals surface area (Å²) in [5.74, 6) is -0.0339. The van der Waals surface area contributed by atoms with Crippen LogP contribution in [-0.4, -0.2) is 23.9 Å². The van der Waals surface area contributed by atoms with Crippen molar-refractivity contribution in [3.05, 3.63) is 63.8 Å². The predicted molar refractivity (Wildman–Crippen MR) is 94.6 cm³/mol. The highest BCUT2D eigenvalue weighted by atomic mass is 35.5. The zero-order chi connectivity index (χ0) is 15.9. The van der Waals surface area contributed by atoms with Crippen LogP contribution in [0.3, 0.4) is 0 Å². The zero-order valence-corrected chi connectivity index (χ0v) is 14.1. The normalized spacial score (nSPS) is 10.7. The molecular formula is C17H19ClN2OS. The van der Waals surface area contributed by atoms with Crippen molar-refractivity contribution < 1.29 is 4.79 Å². The van der Waals surface area contributed by atoms with Crippen molar-refractivity contribution in [3.63, 3.8) is 0 Å². The lowest BCUT2D eigenvalue weighted by Crippen LogP contribution is -2.32. The fourth-order valence-electron chi connectivity index (χ4n) is 2.07. The van der Waals surface area contributed by atoms with Crippen LogP contribution in [0, 0.1) is 6.92 Å². The van der Waals surface area contributed by atoms with Crippen molar-refractivity contribution in [1.29, 1.82) is 0 Å². The smallest absolute Gasteiger partial charge is 0.238 e. The zero-order valence-electron chi connectivity index (χ0n) is 12.5. The highest BCUT2D eigenvalue weighted by Gasteiger charge is 2.11. The van der Waals surface area contributed by atoms with E-state index < -0.39 is 0 Å². The van der Waals surface area contributed by atoms with E-state index in [1.807, 2.05) is 48.2 Å². The Balaban J connectivity index is 1.93. The van der Waals surface area contributed by atoms with Crippen LogP contribution in [0.5, 0.6) is 0 Å². The molecule has 5 heteroatoms. The first kappa shape index (κ1) is 16.7. The Morgan fingerprint density at radius 1 is 1.32 bits per heavy atom. The maximum Gasteiger partial charge on any atom is 0.238 e. The van der Waals surface area contributed by atoms with E-state index in [4.69, 9.17) is 11.6 Å². The summed E-state index contributed by atoms with van der Waals surface area (Å²) in [5.41, 5.74) is 1.98. The summed E-state index contributed by atoms with van der Waals surface area (Å²) in [5, 5.41) is 2.91. The van der Waals surface area contributed by atoms with Gasteiger partial charge in [-0.05, 0) is 31.2 Å². The second kappa shape index (κ2) is 8.13. The fraction of sp³-hybridized carbons (Fsp3) is 0.235. The number of benzene rings is 1. The number of nitrogens with zero attached hydrogens (tertiary/aromatic N) is 1. The summed E-state index contributed by atoms with van der Waals surface area (Å²) in [4.78, 5) is 15.3. The van der Waals surface area contributed by atoms with Gasteiger partial charge in [0, 0.05) is 23.7 Å². The number of amides is 1. The van der Waals surface area contributed by atoms with Crippen molar-refractivity contribution in [2.45, 2.75) is 13.5 Å². The van der Waals surface area contributed by atoms with Gasteiger partial charge >= 0.3 is 0 Å². The molecule has 0 unspecified atom stereocenters. The molecular weight excluding hydrogens is 316 g/mol. The molecule has 2 aromatic rings. The number of hydrogen-bond acceptors (Lipinski definition) is 3. The van der Waals surface area contributed by atoms with E-state index in [9.17, 15) is 4.79 Å². The average molecular weight is 335 g/mol. The Morgan fingerprint density at radius 2 is 2.05 bits per heavy atom. The Bertz CT molecular complexity index is 636. The van der Waals surface area contributed by atoms with E-state index in [2.05, 4.69) is 11.9 Å². The fourth-order valence-corrected chi connectivity index (χ4v) is 3.20. The summed E-state index contributed by atoms with van der Waals surface area (Å²) in [7, 11) is 0. The lowest BCUT2D eigenvalue weighted by atomic mass is 10.2. The molecule has 3 nitrogen and oxygen atoms in total. The van der Waals surface area contributed by atoms with Gasteiger partial charge in [0.15, 0.2) is 0 Å². The first-order chi connectivity index (χ1) is 10.6. The maximum atomic E-state index is 12.2. The average Bonchev–Trinajstić information content (AvgIpc) is 2.87. The number of rotatable bonds is 7. The van der Waals surface area contributed by atoms with E-state index in [-0.39, 0.29) is 5.91 Å². The number of nitrogens with one attached hydrogen (secondary N) is 1. The lowest BCUT2D eigenvalue weighted by Gasteiger charge is -2.19. The number of carbonyl (C=O) groups excluding carboxylic acids is 1. The van der Waals surface area contributed by atoms with Crippen LogP contribution < -0.4 is 5.32 Å². The molecule has 22 heavy (non-hydrogen) atoms. The molecule has 0 atom stereocenters. The topological polar surface area (TPSA) is 32.3 Å². The van der Waals surface area contributed by atoms with Gasteiger partial charge in [-0.15, -0.1) is 17.9 Å². The quantitative estimate of drug-likeness (QED) is 0.764. The molecule has 0 saturated carbocycles. The number of anilines is 1. The maximum absolute atomic E-state index is 12.2. The standard InChI is InChI=1S/C17H19ClN2OS/c1-3-10-20(11-15-8-9-16(18)22-15)12-17(21)19-14-6-4-13(2)5-7-14/h3-9H,1,10-12H2,2H3,(H,19,21). The van der Waals surface area contributed by atoms with Gasteiger partial charge < -0.3 is 5.32 Å². The third-order valence-corrected chi connectivity index (χ3v) is 4.31. The molecule has 1 heterocycles. The summed E-state index contributed by atoms with van der Waals surface area (Å²) in [6.07, 6.45) is 1.80. The van der Waals surface area contributed by atoms with Crippen molar-refractivity contribution in [2.75, 3.05) is 18.4 Å². The SMILES string of the molecule is C=CCN(CC(=O)Nc1ccc(C)cc1)Cc1ccc(Cl)s1. The Labute approximate surface area is 140 Å². The minimum Gasteiger partial charge on any atom is -0.325 e. The van der Waals surface area contributed by atoms with Crippen LogP contribution in [0.4, 0.5) is 5.69 Å². The molecule has 0 aliphatic rings. The van der Waals surface area contributed by atoms with Crippen molar-refractivity contribution in [2.24, 2.45) is 0 Å². The highest BCUT2D eigenvalue weighted by Crippen LogP contribution is 2.22. The third kappa shape index (κ3) is 5.30. The summed E-state index contributed by atoms with van der Waals surface area (Å²) in [6.45, 7) is 7.42. The molecule has 1 aromatic heterocycles. The van der Waals surface area contributed by atoms with Crippen LogP contribution in [0.1, 0.15) is 10.4 Å². The first-order valence-corrected chi connectivity index (χ1v) is 8.20. The molecule has 0 aliphatic heterocycles. The van der Waals surface area contributed by atoms with Gasteiger partial charge in [0.25, 0.3) is 0 Å². The van der Waals surface area contributed by atoms with Gasteiger partial charge in [-0.3, -0.25) is 9.69 Å². The Hall–Kier alpha value is -1.62. The predicted octanol–water partition coefficient (Wildman–Crippen LogP) is 4.34. The van der Waals surface area contributed by atoms with Gasteiger partial charge in [-0.25, -0.2) is 0 Å². The Morgan fingerprint density at radius 3 is 2.64 bits per heavy atom. The molecule has 1 aromatic carbocycles. The monoisotopic (exact) mass is 334 g/mol. The lowest BCUT2D eigenvalue weighted by molar-refractivity contribution is -0.117. The molecule has 116 valence electrons. The van der Waals surface area contributed by atoms with Gasteiger partial charge in [0.2, 0.25) is 5.91 Å². The first-order valence-electron chi connectivity index (χ1n) is 7.01. The molecule has 1 N–H and O–H groups in total. The molecule has 0 aliphatic carbocycles. The van der Waals surface area contributed by atoms with Crippen molar-refractivity contribution in [3.8, 4) is 0 Å². The van der Waals surface area contributed by atoms with Gasteiger partial charge in [-0.2, -0.15) is 0 Å². The number of hydrogen-bond donors (Lipinski definition) is 1. The Kier molecular flexibility index (Phi) is 6.19. The van der Waals surface area contributed by atoms with Crippen LogP contribution in [0.15, 0.2) is 49.1 Å². The largest absolute Gasteiger partial charge is 0.325 e. The van der Waals surface area contributed by atoms with E-state index >= 15 is 0 Å². The van der Waals surface area contributed by atoms with Crippen LogP contribution in [0.25, 0.3) is 0 Å². The number of carbonyl (C=O) groups is 1. The molecule has 0 bridgehead atoms.